The second kappa shape index (κ2) is 12.2. The van der Waals surface area contributed by atoms with Crippen molar-refractivity contribution in [2.75, 3.05) is 18.4 Å². The van der Waals surface area contributed by atoms with Gasteiger partial charge in [0.25, 0.3) is 0 Å². The van der Waals surface area contributed by atoms with Crippen LogP contribution in [0.1, 0.15) is 29.3 Å². The summed E-state index contributed by atoms with van der Waals surface area (Å²) in [4.78, 5) is 30.6. The van der Waals surface area contributed by atoms with Crippen LogP contribution in [0.25, 0.3) is 0 Å². The number of aryl methyl sites for hydroxylation is 1. The minimum absolute atomic E-state index is 0.101. The lowest BCUT2D eigenvalue weighted by Gasteiger charge is -2.28. The molecule has 1 N–H and O–H groups in total. The van der Waals surface area contributed by atoms with Crippen LogP contribution in [-0.4, -0.2) is 34.8 Å². The van der Waals surface area contributed by atoms with Crippen molar-refractivity contribution in [1.29, 1.82) is 0 Å². The zero-order valence-electron chi connectivity index (χ0n) is 19.0. The maximum Gasteiger partial charge on any atom is 0.322 e. The fraction of sp³-hybridized carbons (Fsp3) is 0.280. The van der Waals surface area contributed by atoms with Crippen LogP contribution in [-0.2, 0) is 17.9 Å². The van der Waals surface area contributed by atoms with E-state index in [1.54, 1.807) is 46.6 Å². The Morgan fingerprint density at radius 1 is 1.03 bits per heavy atom. The number of amides is 3. The van der Waals surface area contributed by atoms with Gasteiger partial charge >= 0.3 is 6.03 Å². The summed E-state index contributed by atoms with van der Waals surface area (Å²) < 4.78 is 13.4. The van der Waals surface area contributed by atoms with Crippen molar-refractivity contribution in [2.45, 2.75) is 33.4 Å². The first-order valence-corrected chi connectivity index (χ1v) is 12.5. The monoisotopic (exact) mass is 521 g/mol. The molecule has 9 heteroatoms. The molecule has 0 saturated heterocycles. The van der Waals surface area contributed by atoms with Crippen LogP contribution < -0.4 is 5.32 Å². The molecule has 0 aliphatic rings. The number of hydrogen-bond donors (Lipinski definition) is 1. The highest BCUT2D eigenvalue weighted by atomic mass is 35.5. The van der Waals surface area contributed by atoms with Gasteiger partial charge in [-0.1, -0.05) is 42.3 Å². The number of rotatable bonds is 9. The van der Waals surface area contributed by atoms with Crippen molar-refractivity contribution in [3.63, 3.8) is 0 Å². The van der Waals surface area contributed by atoms with Gasteiger partial charge in [0.1, 0.15) is 12.4 Å². The van der Waals surface area contributed by atoms with Crippen molar-refractivity contribution in [2.24, 2.45) is 0 Å². The first kappa shape index (κ1) is 26.0. The lowest BCUT2D eigenvalue weighted by atomic mass is 10.2. The van der Waals surface area contributed by atoms with Crippen LogP contribution in [0.4, 0.5) is 14.9 Å². The molecule has 0 fully saturated rings. The predicted octanol–water partition coefficient (Wildman–Crippen LogP) is 6.98. The minimum atomic E-state index is -0.423. The molecule has 0 aliphatic carbocycles. The number of carbonyl (C=O) groups is 2. The summed E-state index contributed by atoms with van der Waals surface area (Å²) in [5.41, 5.74) is 2.33. The van der Waals surface area contributed by atoms with Crippen LogP contribution in [0.5, 0.6) is 0 Å². The summed E-state index contributed by atoms with van der Waals surface area (Å²) in [7, 11) is 0. The maximum atomic E-state index is 13.4. The summed E-state index contributed by atoms with van der Waals surface area (Å²) >= 11 is 13.7. The maximum absolute atomic E-state index is 13.4. The number of urea groups is 1. The van der Waals surface area contributed by atoms with E-state index >= 15 is 0 Å². The molecule has 3 rings (SSSR count). The molecule has 3 aromatic rings. The van der Waals surface area contributed by atoms with Gasteiger partial charge < -0.3 is 15.1 Å². The van der Waals surface area contributed by atoms with E-state index in [0.717, 1.165) is 16.0 Å². The quantitative estimate of drug-likeness (QED) is 0.330. The first-order valence-electron chi connectivity index (χ1n) is 10.8. The zero-order valence-corrected chi connectivity index (χ0v) is 21.3. The zero-order chi connectivity index (χ0) is 24.7. The second-order valence-electron chi connectivity index (χ2n) is 7.88. The standard InChI is InChI=1S/C25H26Cl2FN3O2S/c1-3-11-30(25(33)29-22-9-6-19(26)13-21(22)27)16-24(32)31(15-23-17(2)10-12-34-23)14-18-4-7-20(28)8-5-18/h4-10,12-13H,3,11,14-16H2,1-2H3,(H,29,33). The Hall–Kier alpha value is -2.61. The van der Waals surface area contributed by atoms with E-state index < -0.39 is 6.03 Å². The van der Waals surface area contributed by atoms with Crippen molar-refractivity contribution in [1.82, 2.24) is 9.80 Å². The topological polar surface area (TPSA) is 52.7 Å². The van der Waals surface area contributed by atoms with Gasteiger partial charge in [-0.3, -0.25) is 4.79 Å². The lowest BCUT2D eigenvalue weighted by Crippen LogP contribution is -2.44. The van der Waals surface area contributed by atoms with Gasteiger partial charge in [0.2, 0.25) is 5.91 Å². The molecule has 2 aromatic carbocycles. The van der Waals surface area contributed by atoms with Gasteiger partial charge in [-0.15, -0.1) is 11.3 Å². The van der Waals surface area contributed by atoms with Crippen LogP contribution in [0.15, 0.2) is 53.9 Å². The normalized spacial score (nSPS) is 10.7. The number of benzene rings is 2. The Morgan fingerprint density at radius 2 is 1.76 bits per heavy atom. The molecular formula is C25H26Cl2FN3O2S. The number of nitrogens with zero attached hydrogens (tertiary/aromatic N) is 2. The highest BCUT2D eigenvalue weighted by Gasteiger charge is 2.23. The Balaban J connectivity index is 1.77. The van der Waals surface area contributed by atoms with Gasteiger partial charge in [-0.25, -0.2) is 9.18 Å². The SMILES string of the molecule is CCCN(CC(=O)N(Cc1ccc(F)cc1)Cc1sccc1C)C(=O)Nc1ccc(Cl)cc1Cl. The highest BCUT2D eigenvalue weighted by Crippen LogP contribution is 2.26. The summed E-state index contributed by atoms with van der Waals surface area (Å²) in [6.07, 6.45) is 0.678. The largest absolute Gasteiger partial charge is 0.332 e. The van der Waals surface area contributed by atoms with Crippen molar-refractivity contribution in [3.8, 4) is 0 Å². The number of anilines is 1. The number of hydrogen-bond acceptors (Lipinski definition) is 3. The van der Waals surface area contributed by atoms with E-state index in [9.17, 15) is 14.0 Å². The lowest BCUT2D eigenvalue weighted by molar-refractivity contribution is -0.133. The molecule has 0 saturated carbocycles. The molecule has 0 bridgehead atoms. The van der Waals surface area contributed by atoms with Gasteiger partial charge in [0.05, 0.1) is 17.3 Å². The minimum Gasteiger partial charge on any atom is -0.332 e. The van der Waals surface area contributed by atoms with E-state index in [1.807, 2.05) is 25.3 Å². The van der Waals surface area contributed by atoms with Gasteiger partial charge in [0.15, 0.2) is 0 Å². The highest BCUT2D eigenvalue weighted by molar-refractivity contribution is 7.10. The van der Waals surface area contributed by atoms with Crippen LogP contribution in [0.2, 0.25) is 10.0 Å². The van der Waals surface area contributed by atoms with Crippen LogP contribution in [0, 0.1) is 12.7 Å². The summed E-state index contributed by atoms with van der Waals surface area (Å²) in [5.74, 6) is -0.537. The van der Waals surface area contributed by atoms with E-state index in [2.05, 4.69) is 5.32 Å². The smallest absolute Gasteiger partial charge is 0.322 e. The summed E-state index contributed by atoms with van der Waals surface area (Å²) in [5, 5.41) is 5.52. The van der Waals surface area contributed by atoms with Gasteiger partial charge in [-0.05, 0) is 66.2 Å². The molecular weight excluding hydrogens is 496 g/mol. The first-order chi connectivity index (χ1) is 16.3. The molecule has 0 atom stereocenters. The average molecular weight is 522 g/mol. The van der Waals surface area contributed by atoms with E-state index in [4.69, 9.17) is 23.2 Å². The molecule has 1 aromatic heterocycles. The van der Waals surface area contributed by atoms with Crippen molar-refractivity contribution in [3.05, 3.63) is 85.8 Å². The molecule has 34 heavy (non-hydrogen) atoms. The molecule has 0 spiro atoms. The molecule has 0 radical (unpaired) electrons. The Morgan fingerprint density at radius 3 is 2.38 bits per heavy atom. The Bertz CT molecular complexity index is 1140. The van der Waals surface area contributed by atoms with Gasteiger partial charge in [-0.2, -0.15) is 0 Å². The Labute approximate surface area is 213 Å². The van der Waals surface area contributed by atoms with Crippen molar-refractivity contribution < 1.29 is 14.0 Å². The van der Waals surface area contributed by atoms with Crippen LogP contribution >= 0.6 is 34.5 Å². The van der Waals surface area contributed by atoms with E-state index in [-0.39, 0.29) is 18.3 Å². The molecule has 1 heterocycles. The van der Waals surface area contributed by atoms with E-state index in [0.29, 0.717) is 41.8 Å². The number of carbonyl (C=O) groups excluding carboxylic acids is 2. The average Bonchev–Trinajstić information content (AvgIpc) is 3.20. The predicted molar refractivity (Wildman–Crippen MR) is 137 cm³/mol. The molecule has 180 valence electrons. The fourth-order valence-corrected chi connectivity index (χ4v) is 4.73. The summed E-state index contributed by atoms with van der Waals surface area (Å²) in [6, 6.07) is 12.5. The third-order valence-electron chi connectivity index (χ3n) is 5.22. The third kappa shape index (κ3) is 7.19. The molecule has 0 unspecified atom stereocenters. The number of thiophene rings is 1. The third-order valence-corrected chi connectivity index (χ3v) is 6.78. The van der Waals surface area contributed by atoms with Gasteiger partial charge in [0, 0.05) is 23.0 Å². The molecule has 3 amide bonds. The second-order valence-corrected chi connectivity index (χ2v) is 9.72. The van der Waals surface area contributed by atoms with Crippen molar-refractivity contribution >= 4 is 52.2 Å². The number of halogens is 3. The molecule has 5 nitrogen and oxygen atoms in total. The van der Waals surface area contributed by atoms with E-state index in [1.165, 1.54) is 17.0 Å². The molecule has 0 aliphatic heterocycles. The Kier molecular flexibility index (Phi) is 9.33. The van der Waals surface area contributed by atoms with Crippen LogP contribution in [0.3, 0.4) is 0 Å². The number of nitrogens with one attached hydrogen (secondary N) is 1. The fourth-order valence-electron chi connectivity index (χ4n) is 3.35. The summed E-state index contributed by atoms with van der Waals surface area (Å²) in [6.45, 7) is 4.94.